The van der Waals surface area contributed by atoms with Crippen molar-refractivity contribution in [3.8, 4) is 5.75 Å². The van der Waals surface area contributed by atoms with Gasteiger partial charge in [-0.2, -0.15) is 0 Å². The number of nitrogens with one attached hydrogen (secondary N) is 1. The molecule has 0 bridgehead atoms. The lowest BCUT2D eigenvalue weighted by Gasteiger charge is -2.07. The minimum Gasteiger partial charge on any atom is -0.493 e. The van der Waals surface area contributed by atoms with Gasteiger partial charge in [0.05, 0.1) is 17.2 Å². The van der Waals surface area contributed by atoms with E-state index in [0.717, 1.165) is 21.3 Å². The van der Waals surface area contributed by atoms with Gasteiger partial charge >= 0.3 is 0 Å². The molecule has 1 aliphatic heterocycles. The number of aliphatic imine (C=N–C) groups is 1. The Morgan fingerprint density at radius 1 is 1.31 bits per heavy atom. The summed E-state index contributed by atoms with van der Waals surface area (Å²) >= 11 is 10.9. The number of benzene rings is 2. The van der Waals surface area contributed by atoms with Gasteiger partial charge in [0, 0.05) is 15.1 Å². The van der Waals surface area contributed by atoms with E-state index in [0.29, 0.717) is 27.4 Å². The number of amidine groups is 1. The van der Waals surface area contributed by atoms with E-state index < -0.39 is 0 Å². The third kappa shape index (κ3) is 4.50. The van der Waals surface area contributed by atoms with Gasteiger partial charge in [0.15, 0.2) is 5.17 Å². The lowest BCUT2D eigenvalue weighted by atomic mass is 10.2. The number of rotatable bonds is 4. The van der Waals surface area contributed by atoms with Crippen molar-refractivity contribution in [1.29, 1.82) is 0 Å². The van der Waals surface area contributed by atoms with E-state index in [4.69, 9.17) is 16.3 Å². The minimum absolute atomic E-state index is 0.186. The van der Waals surface area contributed by atoms with Crippen molar-refractivity contribution in [2.75, 3.05) is 6.61 Å². The highest BCUT2D eigenvalue weighted by molar-refractivity contribution is 9.10. The summed E-state index contributed by atoms with van der Waals surface area (Å²) in [4.78, 5) is 17.3. The van der Waals surface area contributed by atoms with Gasteiger partial charge in [0.2, 0.25) is 0 Å². The molecule has 2 aromatic rings. The van der Waals surface area contributed by atoms with E-state index in [2.05, 4.69) is 26.2 Å². The molecule has 3 rings (SSSR count). The van der Waals surface area contributed by atoms with Gasteiger partial charge in [0.1, 0.15) is 5.75 Å². The van der Waals surface area contributed by atoms with Crippen molar-refractivity contribution in [3.63, 3.8) is 0 Å². The largest absolute Gasteiger partial charge is 0.493 e. The van der Waals surface area contributed by atoms with Gasteiger partial charge in [0.25, 0.3) is 5.91 Å². The summed E-state index contributed by atoms with van der Waals surface area (Å²) in [5.41, 5.74) is 2.51. The molecule has 1 saturated heterocycles. The number of halogens is 2. The molecular formula is C19H16BrClN2O2S. The predicted molar refractivity (Wildman–Crippen MR) is 112 cm³/mol. The molecule has 1 aliphatic rings. The highest BCUT2D eigenvalue weighted by Gasteiger charge is 2.24. The van der Waals surface area contributed by atoms with Gasteiger partial charge in [-0.15, -0.1) is 0 Å². The molecule has 0 aromatic heterocycles. The number of amides is 1. The van der Waals surface area contributed by atoms with Gasteiger partial charge in [-0.1, -0.05) is 33.6 Å². The quantitative estimate of drug-likeness (QED) is 0.607. The third-order valence-electron chi connectivity index (χ3n) is 3.60. The molecule has 1 fully saturated rings. The monoisotopic (exact) mass is 450 g/mol. The molecule has 0 saturated carbocycles. The highest BCUT2D eigenvalue weighted by atomic mass is 79.9. The molecule has 1 amide bonds. The van der Waals surface area contributed by atoms with Gasteiger partial charge < -0.3 is 10.1 Å². The fourth-order valence-corrected chi connectivity index (χ4v) is 3.70. The molecule has 1 heterocycles. The maximum absolute atomic E-state index is 12.3. The van der Waals surface area contributed by atoms with Crippen LogP contribution in [-0.2, 0) is 4.79 Å². The lowest BCUT2D eigenvalue weighted by molar-refractivity contribution is -0.115. The number of carbonyl (C=O) groups excluding carboxylic acids is 1. The summed E-state index contributed by atoms with van der Waals surface area (Å²) in [6, 6.07) is 11.2. The second-order valence-corrected chi connectivity index (χ2v) is 7.88. The Bertz CT molecular complexity index is 928. The molecule has 1 N–H and O–H groups in total. The molecule has 134 valence electrons. The maximum Gasteiger partial charge on any atom is 0.264 e. The number of hydrogen-bond acceptors (Lipinski definition) is 4. The topological polar surface area (TPSA) is 50.7 Å². The number of hydrogen-bond donors (Lipinski definition) is 1. The molecule has 0 spiro atoms. The van der Waals surface area contributed by atoms with Crippen LogP contribution in [0.25, 0.3) is 6.08 Å². The number of aryl methyl sites for hydroxylation is 1. The zero-order valence-electron chi connectivity index (χ0n) is 14.2. The smallest absolute Gasteiger partial charge is 0.264 e. The molecule has 0 atom stereocenters. The number of carbonyl (C=O) groups is 1. The van der Waals surface area contributed by atoms with E-state index in [1.807, 2.05) is 44.2 Å². The molecular weight excluding hydrogens is 436 g/mol. The van der Waals surface area contributed by atoms with E-state index >= 15 is 0 Å². The van der Waals surface area contributed by atoms with E-state index in [1.165, 1.54) is 11.8 Å². The van der Waals surface area contributed by atoms with Crippen molar-refractivity contribution in [3.05, 3.63) is 61.9 Å². The maximum atomic E-state index is 12.3. The van der Waals surface area contributed by atoms with Gasteiger partial charge in [-0.25, -0.2) is 4.99 Å². The first-order valence-electron chi connectivity index (χ1n) is 7.94. The average molecular weight is 452 g/mol. The number of ether oxygens (including phenoxy) is 1. The fourth-order valence-electron chi connectivity index (χ4n) is 2.31. The molecule has 0 unspecified atom stereocenters. The number of nitrogens with zero attached hydrogens (tertiary/aromatic N) is 1. The Kier molecular flexibility index (Phi) is 6.06. The molecule has 0 aliphatic carbocycles. The summed E-state index contributed by atoms with van der Waals surface area (Å²) < 4.78 is 6.55. The normalized spacial score (nSPS) is 17.0. The van der Waals surface area contributed by atoms with E-state index in [-0.39, 0.29) is 5.91 Å². The third-order valence-corrected chi connectivity index (χ3v) is 5.41. The van der Waals surface area contributed by atoms with Gasteiger partial charge in [-0.05, 0) is 67.6 Å². The Balaban J connectivity index is 1.88. The first-order valence-corrected chi connectivity index (χ1v) is 9.93. The number of thioether (sulfide) groups is 1. The first-order chi connectivity index (χ1) is 12.5. The summed E-state index contributed by atoms with van der Waals surface area (Å²) in [6.07, 6.45) is 1.81. The lowest BCUT2D eigenvalue weighted by Crippen LogP contribution is -2.19. The SMILES string of the molecule is CCOc1ccc(Br)cc1/C=C1\SC(=Nc2ccc(C)c(Cl)c2)NC1=O. The minimum atomic E-state index is -0.186. The molecule has 2 aromatic carbocycles. The van der Waals surface area contributed by atoms with Crippen LogP contribution in [0.15, 0.2) is 50.8 Å². The molecule has 4 nitrogen and oxygen atoms in total. The van der Waals surface area contributed by atoms with Crippen LogP contribution in [0.2, 0.25) is 5.02 Å². The molecule has 7 heteroatoms. The van der Waals surface area contributed by atoms with Crippen LogP contribution in [-0.4, -0.2) is 17.7 Å². The van der Waals surface area contributed by atoms with Crippen molar-refractivity contribution in [2.45, 2.75) is 13.8 Å². The standard InChI is InChI=1S/C19H16BrClN2O2S/c1-3-25-16-7-5-13(20)8-12(16)9-17-18(24)23-19(26-17)22-14-6-4-11(2)15(21)10-14/h4-10H,3H2,1-2H3,(H,22,23,24)/b17-9-. The van der Waals surface area contributed by atoms with Crippen LogP contribution in [0.3, 0.4) is 0 Å². The van der Waals surface area contributed by atoms with Crippen LogP contribution >= 0.6 is 39.3 Å². The molecule has 26 heavy (non-hydrogen) atoms. The van der Waals surface area contributed by atoms with Crippen molar-refractivity contribution in [1.82, 2.24) is 5.32 Å². The Morgan fingerprint density at radius 2 is 2.12 bits per heavy atom. The van der Waals surface area contributed by atoms with Crippen LogP contribution < -0.4 is 10.1 Å². The Hall–Kier alpha value is -1.76. The molecule has 0 radical (unpaired) electrons. The summed E-state index contributed by atoms with van der Waals surface area (Å²) in [5.74, 6) is 0.543. The first kappa shape index (κ1) is 19.0. The van der Waals surface area contributed by atoms with Crippen molar-refractivity contribution >= 4 is 62.1 Å². The zero-order chi connectivity index (χ0) is 18.7. The average Bonchev–Trinajstić information content (AvgIpc) is 2.93. The Morgan fingerprint density at radius 3 is 2.85 bits per heavy atom. The van der Waals surface area contributed by atoms with Crippen LogP contribution in [0.5, 0.6) is 5.75 Å². The second-order valence-electron chi connectivity index (χ2n) is 5.53. The van der Waals surface area contributed by atoms with Crippen LogP contribution in [0.1, 0.15) is 18.1 Å². The summed E-state index contributed by atoms with van der Waals surface area (Å²) in [6.45, 7) is 4.41. The van der Waals surface area contributed by atoms with Crippen LogP contribution in [0.4, 0.5) is 5.69 Å². The van der Waals surface area contributed by atoms with E-state index in [1.54, 1.807) is 12.1 Å². The van der Waals surface area contributed by atoms with Crippen molar-refractivity contribution < 1.29 is 9.53 Å². The summed E-state index contributed by atoms with van der Waals surface area (Å²) in [5, 5.41) is 3.95. The highest BCUT2D eigenvalue weighted by Crippen LogP contribution is 2.32. The van der Waals surface area contributed by atoms with Crippen molar-refractivity contribution in [2.24, 2.45) is 4.99 Å². The van der Waals surface area contributed by atoms with Crippen LogP contribution in [0, 0.1) is 6.92 Å². The van der Waals surface area contributed by atoms with E-state index in [9.17, 15) is 4.79 Å². The predicted octanol–water partition coefficient (Wildman–Crippen LogP) is 5.70. The summed E-state index contributed by atoms with van der Waals surface area (Å²) in [7, 11) is 0. The fraction of sp³-hybridized carbons (Fsp3) is 0.158. The van der Waals surface area contributed by atoms with Gasteiger partial charge in [-0.3, -0.25) is 4.79 Å². The zero-order valence-corrected chi connectivity index (χ0v) is 17.3. The Labute approximate surface area is 169 Å². The second kappa shape index (κ2) is 8.29.